The van der Waals surface area contributed by atoms with Gasteiger partial charge in [0, 0.05) is 5.88 Å². The summed E-state index contributed by atoms with van der Waals surface area (Å²) in [5.74, 6) is 0.416. The lowest BCUT2D eigenvalue weighted by molar-refractivity contribution is 0.0775. The van der Waals surface area contributed by atoms with Crippen molar-refractivity contribution in [2.75, 3.05) is 5.88 Å². The molecule has 2 heteroatoms. The van der Waals surface area contributed by atoms with Crippen molar-refractivity contribution in [1.29, 1.82) is 0 Å². The van der Waals surface area contributed by atoms with Gasteiger partial charge in [-0.05, 0) is 24.5 Å². The average molecular weight is 261 g/mol. The number of hydrogen-bond acceptors (Lipinski definition) is 1. The van der Waals surface area contributed by atoms with Crippen molar-refractivity contribution in [3.05, 3.63) is 71.3 Å². The number of aliphatic hydroxyl groups is 1. The standard InChI is InChI=1S/C16H17ClO/c1-13-7-9-15(10-8-13)16(18,11-12-17)14-5-3-2-4-6-14/h2-10,18H,11-12H2,1H3. The SMILES string of the molecule is Cc1ccc(C(O)(CCCl)c2ccccc2)cc1. The largest absolute Gasteiger partial charge is 0.380 e. The van der Waals surface area contributed by atoms with E-state index in [0.717, 1.165) is 11.1 Å². The minimum absolute atomic E-state index is 0.416. The van der Waals surface area contributed by atoms with Crippen molar-refractivity contribution in [1.82, 2.24) is 0 Å². The van der Waals surface area contributed by atoms with Crippen LogP contribution in [0.25, 0.3) is 0 Å². The van der Waals surface area contributed by atoms with Gasteiger partial charge in [-0.25, -0.2) is 0 Å². The zero-order chi connectivity index (χ0) is 13.0. The van der Waals surface area contributed by atoms with Gasteiger partial charge in [0.25, 0.3) is 0 Å². The predicted molar refractivity (Wildman–Crippen MR) is 76.0 cm³/mol. The van der Waals surface area contributed by atoms with E-state index in [2.05, 4.69) is 0 Å². The summed E-state index contributed by atoms with van der Waals surface area (Å²) >= 11 is 5.86. The molecule has 0 saturated heterocycles. The summed E-state index contributed by atoms with van der Waals surface area (Å²) in [7, 11) is 0. The Morgan fingerprint density at radius 2 is 1.50 bits per heavy atom. The zero-order valence-corrected chi connectivity index (χ0v) is 11.2. The fraction of sp³-hybridized carbons (Fsp3) is 0.250. The Hall–Kier alpha value is -1.31. The second-order valence-electron chi connectivity index (χ2n) is 4.53. The molecule has 2 rings (SSSR count). The van der Waals surface area contributed by atoms with Crippen LogP contribution in [0.5, 0.6) is 0 Å². The molecule has 94 valence electrons. The molecule has 0 aromatic heterocycles. The summed E-state index contributed by atoms with van der Waals surface area (Å²) in [6, 6.07) is 17.6. The molecule has 0 spiro atoms. The van der Waals surface area contributed by atoms with Crippen LogP contribution in [-0.4, -0.2) is 11.0 Å². The summed E-state index contributed by atoms with van der Waals surface area (Å²) in [6.07, 6.45) is 0.502. The third-order valence-electron chi connectivity index (χ3n) is 3.24. The van der Waals surface area contributed by atoms with Gasteiger partial charge in [-0.2, -0.15) is 0 Å². The lowest BCUT2D eigenvalue weighted by Gasteiger charge is -2.28. The van der Waals surface area contributed by atoms with Crippen LogP contribution >= 0.6 is 11.6 Å². The minimum atomic E-state index is -1.00. The van der Waals surface area contributed by atoms with E-state index in [1.165, 1.54) is 5.56 Å². The van der Waals surface area contributed by atoms with Crippen LogP contribution in [0.4, 0.5) is 0 Å². The number of hydrogen-bond donors (Lipinski definition) is 1. The van der Waals surface area contributed by atoms with Gasteiger partial charge in [0.2, 0.25) is 0 Å². The monoisotopic (exact) mass is 260 g/mol. The second kappa shape index (κ2) is 5.55. The molecule has 1 atom stereocenters. The summed E-state index contributed by atoms with van der Waals surface area (Å²) < 4.78 is 0. The molecule has 1 unspecified atom stereocenters. The summed E-state index contributed by atoms with van der Waals surface area (Å²) in [4.78, 5) is 0. The van der Waals surface area contributed by atoms with Crippen LogP contribution in [0.15, 0.2) is 54.6 Å². The fourth-order valence-electron chi connectivity index (χ4n) is 2.14. The fourth-order valence-corrected chi connectivity index (χ4v) is 2.41. The van der Waals surface area contributed by atoms with E-state index in [4.69, 9.17) is 11.6 Å². The Bertz CT molecular complexity index is 492. The van der Waals surface area contributed by atoms with E-state index < -0.39 is 5.60 Å². The van der Waals surface area contributed by atoms with Gasteiger partial charge >= 0.3 is 0 Å². The van der Waals surface area contributed by atoms with E-state index in [-0.39, 0.29) is 0 Å². The molecule has 0 heterocycles. The molecule has 0 aliphatic rings. The zero-order valence-electron chi connectivity index (χ0n) is 10.4. The summed E-state index contributed by atoms with van der Waals surface area (Å²) in [5, 5.41) is 11.0. The topological polar surface area (TPSA) is 20.2 Å². The van der Waals surface area contributed by atoms with Crippen molar-refractivity contribution in [2.24, 2.45) is 0 Å². The first-order valence-electron chi connectivity index (χ1n) is 6.08. The van der Waals surface area contributed by atoms with Crippen molar-refractivity contribution in [3.63, 3.8) is 0 Å². The third kappa shape index (κ3) is 2.58. The molecule has 0 amide bonds. The molecular weight excluding hydrogens is 244 g/mol. The lowest BCUT2D eigenvalue weighted by Crippen LogP contribution is -2.27. The molecule has 2 aromatic rings. The van der Waals surface area contributed by atoms with Crippen molar-refractivity contribution >= 4 is 11.6 Å². The highest BCUT2D eigenvalue weighted by Crippen LogP contribution is 2.33. The second-order valence-corrected chi connectivity index (χ2v) is 4.91. The quantitative estimate of drug-likeness (QED) is 0.828. The molecule has 0 aliphatic heterocycles. The summed E-state index contributed by atoms with van der Waals surface area (Å²) in [5.41, 5.74) is 1.95. The predicted octanol–water partition coefficient (Wildman–Crippen LogP) is 3.86. The highest BCUT2D eigenvalue weighted by molar-refractivity contribution is 6.17. The molecule has 0 radical (unpaired) electrons. The smallest absolute Gasteiger partial charge is 0.116 e. The normalized spacial score (nSPS) is 14.2. The summed E-state index contributed by atoms with van der Waals surface area (Å²) in [6.45, 7) is 2.03. The molecule has 0 bridgehead atoms. The third-order valence-corrected chi connectivity index (χ3v) is 3.43. The van der Waals surface area contributed by atoms with E-state index in [1.807, 2.05) is 61.5 Å². The number of benzene rings is 2. The number of rotatable bonds is 4. The molecule has 18 heavy (non-hydrogen) atoms. The van der Waals surface area contributed by atoms with Crippen LogP contribution in [0.1, 0.15) is 23.1 Å². The molecule has 2 aromatic carbocycles. The van der Waals surface area contributed by atoms with E-state index in [0.29, 0.717) is 12.3 Å². The molecule has 1 nitrogen and oxygen atoms in total. The molecule has 0 saturated carbocycles. The van der Waals surface area contributed by atoms with Crippen LogP contribution in [0.2, 0.25) is 0 Å². The minimum Gasteiger partial charge on any atom is -0.380 e. The van der Waals surface area contributed by atoms with Gasteiger partial charge in [-0.1, -0.05) is 60.2 Å². The van der Waals surface area contributed by atoms with Crippen molar-refractivity contribution in [2.45, 2.75) is 18.9 Å². The van der Waals surface area contributed by atoms with Crippen LogP contribution in [0, 0.1) is 6.92 Å². The van der Waals surface area contributed by atoms with Gasteiger partial charge in [-0.3, -0.25) is 0 Å². The van der Waals surface area contributed by atoms with Crippen LogP contribution < -0.4 is 0 Å². The number of halogens is 1. The first-order valence-corrected chi connectivity index (χ1v) is 6.61. The Balaban J connectivity index is 2.47. The van der Waals surface area contributed by atoms with Crippen molar-refractivity contribution < 1.29 is 5.11 Å². The van der Waals surface area contributed by atoms with E-state index in [1.54, 1.807) is 0 Å². The first-order chi connectivity index (χ1) is 8.66. The molecule has 1 N–H and O–H groups in total. The van der Waals surface area contributed by atoms with Gasteiger partial charge in [0.1, 0.15) is 5.60 Å². The maximum Gasteiger partial charge on any atom is 0.116 e. The van der Waals surface area contributed by atoms with E-state index >= 15 is 0 Å². The highest BCUT2D eigenvalue weighted by atomic mass is 35.5. The van der Waals surface area contributed by atoms with Crippen LogP contribution in [0.3, 0.4) is 0 Å². The number of alkyl halides is 1. The Morgan fingerprint density at radius 1 is 0.944 bits per heavy atom. The Labute approximate surface area is 113 Å². The van der Waals surface area contributed by atoms with Gasteiger partial charge < -0.3 is 5.11 Å². The Kier molecular flexibility index (Phi) is 4.05. The maximum absolute atomic E-state index is 11.0. The van der Waals surface area contributed by atoms with E-state index in [9.17, 15) is 5.11 Å². The van der Waals surface area contributed by atoms with Gasteiger partial charge in [-0.15, -0.1) is 11.6 Å². The number of aryl methyl sites for hydroxylation is 1. The van der Waals surface area contributed by atoms with Crippen molar-refractivity contribution in [3.8, 4) is 0 Å². The first kappa shape index (κ1) is 13.1. The molecule has 0 aliphatic carbocycles. The average Bonchev–Trinajstić information content (AvgIpc) is 2.40. The van der Waals surface area contributed by atoms with Gasteiger partial charge in [0.15, 0.2) is 0 Å². The molecule has 0 fully saturated rings. The Morgan fingerprint density at radius 3 is 2.06 bits per heavy atom. The lowest BCUT2D eigenvalue weighted by atomic mass is 9.84. The molecular formula is C16H17ClO. The van der Waals surface area contributed by atoms with Crippen LogP contribution in [-0.2, 0) is 5.60 Å². The highest BCUT2D eigenvalue weighted by Gasteiger charge is 2.30. The maximum atomic E-state index is 11.0. The van der Waals surface area contributed by atoms with Gasteiger partial charge in [0.05, 0.1) is 0 Å².